The fourth-order valence-corrected chi connectivity index (χ4v) is 5.03. The van der Waals surface area contributed by atoms with Gasteiger partial charge in [-0.15, -0.1) is 0 Å². The zero-order valence-corrected chi connectivity index (χ0v) is 23.2. The van der Waals surface area contributed by atoms with E-state index in [9.17, 15) is 22.8 Å². The molecule has 1 fully saturated rings. The number of fused-ring (bicyclic) bond motifs is 1. The smallest absolute Gasteiger partial charge is 0.411 e. The highest BCUT2D eigenvalue weighted by atomic mass is 19.4. The molecule has 0 unspecified atom stereocenters. The summed E-state index contributed by atoms with van der Waals surface area (Å²) in [7, 11) is 1.61. The minimum absolute atomic E-state index is 0.0131. The minimum atomic E-state index is -4.54. The van der Waals surface area contributed by atoms with Gasteiger partial charge >= 0.3 is 6.18 Å². The lowest BCUT2D eigenvalue weighted by Crippen LogP contribution is -2.48. The Morgan fingerprint density at radius 3 is 2.51 bits per heavy atom. The van der Waals surface area contributed by atoms with Crippen LogP contribution in [0.15, 0.2) is 66.9 Å². The number of halogens is 3. The van der Waals surface area contributed by atoms with Crippen LogP contribution in [-0.4, -0.2) is 52.0 Å². The van der Waals surface area contributed by atoms with E-state index in [1.807, 2.05) is 58.5 Å². The van der Waals surface area contributed by atoms with Crippen molar-refractivity contribution in [3.63, 3.8) is 0 Å². The Bertz CT molecular complexity index is 1730. The second-order valence-electron chi connectivity index (χ2n) is 10.6. The zero-order chi connectivity index (χ0) is 30.2. The van der Waals surface area contributed by atoms with Crippen LogP contribution in [0.3, 0.4) is 0 Å². The van der Waals surface area contributed by atoms with Gasteiger partial charge in [-0.25, -0.2) is 0 Å². The van der Waals surface area contributed by atoms with Gasteiger partial charge in [0, 0.05) is 23.7 Å². The van der Waals surface area contributed by atoms with E-state index in [0.29, 0.717) is 13.2 Å². The molecule has 2 aromatic heterocycles. The minimum Gasteiger partial charge on any atom is -0.497 e. The normalized spacial score (nSPS) is 15.5. The van der Waals surface area contributed by atoms with Crippen molar-refractivity contribution in [1.82, 2.24) is 20.1 Å². The summed E-state index contributed by atoms with van der Waals surface area (Å²) in [4.78, 5) is 29.3. The van der Waals surface area contributed by atoms with E-state index >= 15 is 0 Å². The van der Waals surface area contributed by atoms with Gasteiger partial charge in [0.15, 0.2) is 0 Å². The molecule has 9 nitrogen and oxygen atoms in total. The second-order valence-corrected chi connectivity index (χ2v) is 10.6. The number of methoxy groups -OCH3 is 1. The molecule has 1 aliphatic carbocycles. The Morgan fingerprint density at radius 1 is 1.07 bits per heavy atom. The third kappa shape index (κ3) is 5.90. The molecule has 6 rings (SSSR count). The van der Waals surface area contributed by atoms with E-state index in [4.69, 9.17) is 14.6 Å². The molecule has 2 aromatic carbocycles. The molecule has 12 heteroatoms. The number of benzene rings is 2. The van der Waals surface area contributed by atoms with Crippen LogP contribution >= 0.6 is 0 Å². The Labute approximate surface area is 244 Å². The van der Waals surface area contributed by atoms with Crippen LogP contribution in [0.5, 0.6) is 5.75 Å². The van der Waals surface area contributed by atoms with Gasteiger partial charge in [0.25, 0.3) is 5.91 Å². The summed E-state index contributed by atoms with van der Waals surface area (Å²) in [5.41, 5.74) is 1.13. The molecule has 0 atom stereocenters. The number of ether oxygens (including phenoxy) is 2. The number of amides is 2. The predicted molar refractivity (Wildman–Crippen MR) is 152 cm³/mol. The van der Waals surface area contributed by atoms with Gasteiger partial charge in [-0.2, -0.15) is 18.3 Å². The first-order valence-electron chi connectivity index (χ1n) is 13.7. The molecule has 3 heterocycles. The number of carbonyl (C=O) groups is 2. The molecule has 0 saturated heterocycles. The molecule has 1 saturated carbocycles. The maximum Gasteiger partial charge on any atom is 0.411 e. The summed E-state index contributed by atoms with van der Waals surface area (Å²) >= 11 is 0. The Morgan fingerprint density at radius 2 is 1.84 bits per heavy atom. The van der Waals surface area contributed by atoms with Crippen molar-refractivity contribution in [3.05, 3.63) is 89.4 Å². The molecular weight excluding hydrogens is 563 g/mol. The van der Waals surface area contributed by atoms with Crippen molar-refractivity contribution < 1.29 is 32.2 Å². The zero-order valence-electron chi connectivity index (χ0n) is 23.2. The van der Waals surface area contributed by atoms with Crippen LogP contribution in [-0.2, 0) is 22.5 Å². The maximum absolute atomic E-state index is 13.3. The lowest BCUT2D eigenvalue weighted by Gasteiger charge is -2.20. The number of aromatic nitrogens is 3. The van der Waals surface area contributed by atoms with E-state index in [2.05, 4.69) is 10.3 Å². The molecular formula is C31H28F3N5O4. The third-order valence-electron chi connectivity index (χ3n) is 7.53. The number of pyridine rings is 1. The molecule has 2 N–H and O–H groups in total. The van der Waals surface area contributed by atoms with Gasteiger partial charge in [-0.3, -0.25) is 19.3 Å². The topological polar surface area (TPSA) is 107 Å². The Balaban J connectivity index is 1.19. The average Bonchev–Trinajstić information content (AvgIpc) is 3.42. The lowest BCUT2D eigenvalue weighted by atomic mass is 10.1. The number of anilines is 1. The van der Waals surface area contributed by atoms with Crippen LogP contribution in [0, 0.1) is 0 Å². The van der Waals surface area contributed by atoms with Gasteiger partial charge in [0.2, 0.25) is 5.91 Å². The van der Waals surface area contributed by atoms with Crippen LogP contribution < -0.4 is 15.4 Å². The SMILES string of the molecule is COc1ccc(Cn2nc(C3=CCCO3)c3ccc(CC(=O)Nc4ccnc(C(=O)NC5(C(F)(F)F)CC5)c4)cc32)cc1. The highest BCUT2D eigenvalue weighted by molar-refractivity contribution is 5.97. The summed E-state index contributed by atoms with van der Waals surface area (Å²) in [6.07, 6.45) is -0.786. The van der Waals surface area contributed by atoms with Gasteiger partial charge in [-0.05, 0) is 60.4 Å². The summed E-state index contributed by atoms with van der Waals surface area (Å²) in [6.45, 7) is 1.09. The predicted octanol–water partition coefficient (Wildman–Crippen LogP) is 5.26. The van der Waals surface area contributed by atoms with Crippen LogP contribution in [0.2, 0.25) is 0 Å². The quantitative estimate of drug-likeness (QED) is 0.275. The maximum atomic E-state index is 13.3. The fourth-order valence-electron chi connectivity index (χ4n) is 5.03. The van der Waals surface area contributed by atoms with E-state index in [0.717, 1.165) is 45.7 Å². The van der Waals surface area contributed by atoms with Gasteiger partial charge in [0.05, 0.1) is 32.2 Å². The first kappa shape index (κ1) is 28.3. The van der Waals surface area contributed by atoms with E-state index in [1.165, 1.54) is 18.3 Å². The first-order valence-corrected chi connectivity index (χ1v) is 13.7. The number of hydrogen-bond donors (Lipinski definition) is 2. The lowest BCUT2D eigenvalue weighted by molar-refractivity contribution is -0.163. The van der Waals surface area contributed by atoms with Crippen molar-refractivity contribution in [2.75, 3.05) is 19.0 Å². The largest absolute Gasteiger partial charge is 0.497 e. The Hall–Kier alpha value is -4.87. The van der Waals surface area contributed by atoms with E-state index < -0.39 is 17.6 Å². The second kappa shape index (κ2) is 11.1. The van der Waals surface area contributed by atoms with Crippen molar-refractivity contribution >= 4 is 34.2 Å². The van der Waals surface area contributed by atoms with Crippen molar-refractivity contribution in [2.24, 2.45) is 0 Å². The van der Waals surface area contributed by atoms with Gasteiger partial charge < -0.3 is 20.1 Å². The van der Waals surface area contributed by atoms with Crippen molar-refractivity contribution in [2.45, 2.75) is 43.9 Å². The molecule has 0 spiro atoms. The van der Waals surface area contributed by atoms with Crippen LogP contribution in [0.1, 0.15) is 46.6 Å². The summed E-state index contributed by atoms with van der Waals surface area (Å²) in [5, 5.41) is 10.5. The Kier molecular flexibility index (Phi) is 7.28. The third-order valence-corrected chi connectivity index (χ3v) is 7.53. The van der Waals surface area contributed by atoms with Crippen LogP contribution in [0.4, 0.5) is 18.9 Å². The number of rotatable bonds is 9. The van der Waals surface area contributed by atoms with E-state index in [-0.39, 0.29) is 36.6 Å². The molecule has 2 aliphatic rings. The van der Waals surface area contributed by atoms with Crippen molar-refractivity contribution in [1.29, 1.82) is 0 Å². The molecule has 1 aliphatic heterocycles. The molecule has 4 aromatic rings. The highest BCUT2D eigenvalue weighted by Crippen LogP contribution is 2.49. The van der Waals surface area contributed by atoms with Gasteiger partial charge in [-0.1, -0.05) is 24.3 Å². The molecule has 2 amide bonds. The van der Waals surface area contributed by atoms with Gasteiger partial charge in [0.1, 0.15) is 28.4 Å². The number of nitrogens with zero attached hydrogens (tertiary/aromatic N) is 3. The average molecular weight is 592 g/mol. The number of carbonyl (C=O) groups excluding carboxylic acids is 2. The standard InChI is InChI=1S/C31H28F3N5O4/c1-42-22-7-4-19(5-8-22)18-39-25-15-20(6-9-23(25)28(38-39)26-3-2-14-43-26)16-27(40)36-21-10-13-35-24(17-21)29(41)37-30(11-12-30)31(32,33)34/h3-10,13,15,17H,2,11-12,14,16,18H2,1H3,(H,37,41)(H,35,36,40). The summed E-state index contributed by atoms with van der Waals surface area (Å²) in [6, 6.07) is 16.1. The first-order chi connectivity index (χ1) is 20.6. The van der Waals surface area contributed by atoms with E-state index in [1.54, 1.807) is 7.11 Å². The number of hydrogen-bond acceptors (Lipinski definition) is 6. The monoisotopic (exact) mass is 591 g/mol. The number of nitrogens with one attached hydrogen (secondary N) is 2. The molecule has 222 valence electrons. The molecule has 0 radical (unpaired) electrons. The fraction of sp³-hybridized carbons (Fsp3) is 0.290. The summed E-state index contributed by atoms with van der Waals surface area (Å²) in [5.74, 6) is 0.166. The molecule has 0 bridgehead atoms. The van der Waals surface area contributed by atoms with Crippen LogP contribution in [0.25, 0.3) is 16.7 Å². The number of alkyl halides is 3. The summed E-state index contributed by atoms with van der Waals surface area (Å²) < 4.78 is 52.7. The highest BCUT2D eigenvalue weighted by Gasteiger charge is 2.64. The molecule has 43 heavy (non-hydrogen) atoms. The van der Waals surface area contributed by atoms with Crippen molar-refractivity contribution in [3.8, 4) is 5.75 Å².